The van der Waals surface area contributed by atoms with Crippen LogP contribution in [0.3, 0.4) is 0 Å². The van der Waals surface area contributed by atoms with Gasteiger partial charge in [-0.25, -0.2) is 9.97 Å². The van der Waals surface area contributed by atoms with Crippen LogP contribution in [0.2, 0.25) is 0 Å². The van der Waals surface area contributed by atoms with E-state index in [1.54, 1.807) is 24.5 Å². The van der Waals surface area contributed by atoms with Crippen molar-refractivity contribution in [2.45, 2.75) is 0 Å². The van der Waals surface area contributed by atoms with E-state index < -0.39 is 5.91 Å². The number of amides is 1. The minimum absolute atomic E-state index is 0.482. The van der Waals surface area contributed by atoms with Gasteiger partial charge in [0.1, 0.15) is 0 Å². The molecule has 4 aromatic rings. The lowest BCUT2D eigenvalue weighted by atomic mass is 10.1. The highest BCUT2D eigenvalue weighted by molar-refractivity contribution is 6.04. The predicted octanol–water partition coefficient (Wildman–Crippen LogP) is 3.84. The van der Waals surface area contributed by atoms with Gasteiger partial charge in [0.25, 0.3) is 5.91 Å². The molecule has 1 aliphatic rings. The van der Waals surface area contributed by atoms with Gasteiger partial charge in [0.15, 0.2) is 0 Å². The number of para-hydroxylation sites is 1. The fourth-order valence-corrected chi connectivity index (χ4v) is 3.85. The van der Waals surface area contributed by atoms with E-state index in [0.717, 1.165) is 48.5 Å². The van der Waals surface area contributed by atoms with E-state index in [1.807, 2.05) is 36.3 Å². The van der Waals surface area contributed by atoms with E-state index in [-0.39, 0.29) is 0 Å². The number of fused-ring (bicyclic) bond motifs is 1. The van der Waals surface area contributed by atoms with Gasteiger partial charge in [-0.1, -0.05) is 18.2 Å². The molecule has 0 aliphatic carbocycles. The summed E-state index contributed by atoms with van der Waals surface area (Å²) in [6.45, 7) is 3.29. The van der Waals surface area contributed by atoms with E-state index in [0.29, 0.717) is 17.3 Å². The molecule has 0 atom stereocenters. The summed E-state index contributed by atoms with van der Waals surface area (Å²) >= 11 is 0. The number of hydrogen-bond donors (Lipinski definition) is 2. The highest BCUT2D eigenvalue weighted by atomic mass is 16.5. The molecular formula is C26H22N6O2. The Labute approximate surface area is 197 Å². The normalized spacial score (nSPS) is 13.3. The summed E-state index contributed by atoms with van der Waals surface area (Å²) in [5.74, 6) is 2.02. The fraction of sp³-hybridized carbons (Fsp3) is 0.154. The number of morpholine rings is 1. The fourth-order valence-electron chi connectivity index (χ4n) is 3.85. The lowest BCUT2D eigenvalue weighted by Crippen LogP contribution is -2.36. The molecule has 0 saturated carbocycles. The second-order valence-electron chi connectivity index (χ2n) is 7.74. The number of carbonyl (C=O) groups is 1. The predicted molar refractivity (Wildman–Crippen MR) is 133 cm³/mol. The van der Waals surface area contributed by atoms with E-state index in [1.165, 1.54) is 5.69 Å². The first-order valence-electron chi connectivity index (χ1n) is 10.9. The highest BCUT2D eigenvalue weighted by Crippen LogP contribution is 2.28. The number of anilines is 4. The van der Waals surface area contributed by atoms with Crippen LogP contribution in [0.1, 0.15) is 0 Å². The summed E-state index contributed by atoms with van der Waals surface area (Å²) in [5.41, 5.74) is 4.86. The molecule has 0 radical (unpaired) electrons. The molecule has 2 aromatic carbocycles. The number of ether oxygens (including phenoxy) is 1. The zero-order valence-electron chi connectivity index (χ0n) is 18.4. The molecular weight excluding hydrogens is 428 g/mol. The van der Waals surface area contributed by atoms with Gasteiger partial charge in [-0.05, 0) is 42.3 Å². The minimum atomic E-state index is -0.511. The molecule has 2 N–H and O–H groups in total. The summed E-state index contributed by atoms with van der Waals surface area (Å²) in [5, 5.41) is 6.82. The van der Waals surface area contributed by atoms with Gasteiger partial charge in [0.2, 0.25) is 5.95 Å². The first-order valence-corrected chi connectivity index (χ1v) is 10.9. The second-order valence-corrected chi connectivity index (χ2v) is 7.74. The standard InChI is InChI=1S/C26H22N6O2/c1-2-24(33)29-20-10-11-27-23(16-20)22-5-3-4-18-17-28-26(31-25(18)22)30-19-6-8-21(9-7-19)32-12-14-34-15-13-32/h1,3-11,16-17H,12-15H2,(H,27,29,33)(H,28,30,31). The van der Waals surface area contributed by atoms with Gasteiger partial charge in [-0.3, -0.25) is 9.78 Å². The molecule has 1 amide bonds. The molecule has 5 rings (SSSR count). The maximum atomic E-state index is 11.6. The third-order valence-electron chi connectivity index (χ3n) is 5.54. The van der Waals surface area contributed by atoms with Crippen LogP contribution in [0.5, 0.6) is 0 Å². The number of aromatic nitrogens is 3. The van der Waals surface area contributed by atoms with Crippen LogP contribution in [-0.4, -0.2) is 47.2 Å². The monoisotopic (exact) mass is 450 g/mol. The zero-order chi connectivity index (χ0) is 23.3. The van der Waals surface area contributed by atoms with E-state index in [2.05, 4.69) is 37.6 Å². The minimum Gasteiger partial charge on any atom is -0.378 e. The van der Waals surface area contributed by atoms with Crippen molar-refractivity contribution in [2.75, 3.05) is 41.8 Å². The van der Waals surface area contributed by atoms with Crippen LogP contribution < -0.4 is 15.5 Å². The Hall–Kier alpha value is -4.48. The van der Waals surface area contributed by atoms with Crippen LogP contribution >= 0.6 is 0 Å². The first kappa shape index (κ1) is 21.4. The van der Waals surface area contributed by atoms with Gasteiger partial charge in [0, 0.05) is 53.5 Å². The molecule has 8 nitrogen and oxygen atoms in total. The number of pyridine rings is 1. The van der Waals surface area contributed by atoms with Crippen molar-refractivity contribution >= 4 is 39.8 Å². The summed E-state index contributed by atoms with van der Waals surface area (Å²) in [6.07, 6.45) is 8.56. The molecule has 1 aliphatic heterocycles. The van der Waals surface area contributed by atoms with Crippen LogP contribution in [0.15, 0.2) is 67.0 Å². The van der Waals surface area contributed by atoms with Crippen molar-refractivity contribution in [3.63, 3.8) is 0 Å². The van der Waals surface area contributed by atoms with Gasteiger partial charge >= 0.3 is 0 Å². The summed E-state index contributed by atoms with van der Waals surface area (Å²) in [4.78, 5) is 27.6. The molecule has 0 spiro atoms. The first-order chi connectivity index (χ1) is 16.7. The van der Waals surface area contributed by atoms with Crippen molar-refractivity contribution < 1.29 is 9.53 Å². The Morgan fingerprint density at radius 1 is 1.03 bits per heavy atom. The third-order valence-corrected chi connectivity index (χ3v) is 5.54. The Bertz CT molecular complexity index is 1370. The van der Waals surface area contributed by atoms with Crippen molar-refractivity contribution in [1.82, 2.24) is 15.0 Å². The van der Waals surface area contributed by atoms with Gasteiger partial charge in [-0.2, -0.15) is 0 Å². The molecule has 34 heavy (non-hydrogen) atoms. The van der Waals surface area contributed by atoms with Gasteiger partial charge in [-0.15, -0.1) is 6.42 Å². The molecule has 3 heterocycles. The van der Waals surface area contributed by atoms with Gasteiger partial charge in [0.05, 0.1) is 24.4 Å². The lowest BCUT2D eigenvalue weighted by Gasteiger charge is -2.28. The Balaban J connectivity index is 1.41. The molecule has 0 unspecified atom stereocenters. The summed E-state index contributed by atoms with van der Waals surface area (Å²) < 4.78 is 5.43. The number of hydrogen-bond acceptors (Lipinski definition) is 7. The number of terminal acetylenes is 1. The maximum Gasteiger partial charge on any atom is 0.300 e. The van der Waals surface area contributed by atoms with E-state index in [9.17, 15) is 4.79 Å². The van der Waals surface area contributed by atoms with Crippen LogP contribution in [0.25, 0.3) is 22.2 Å². The smallest absolute Gasteiger partial charge is 0.300 e. The van der Waals surface area contributed by atoms with Crippen molar-refractivity contribution in [2.24, 2.45) is 0 Å². The van der Waals surface area contributed by atoms with Crippen LogP contribution in [0, 0.1) is 12.3 Å². The third kappa shape index (κ3) is 4.65. The average Bonchev–Trinajstić information content (AvgIpc) is 2.89. The van der Waals surface area contributed by atoms with E-state index in [4.69, 9.17) is 16.1 Å². The molecule has 2 aromatic heterocycles. The number of nitrogens with one attached hydrogen (secondary N) is 2. The molecule has 1 fully saturated rings. The molecule has 0 bridgehead atoms. The number of nitrogens with zero attached hydrogens (tertiary/aromatic N) is 4. The summed E-state index contributed by atoms with van der Waals surface area (Å²) in [7, 11) is 0. The zero-order valence-corrected chi connectivity index (χ0v) is 18.4. The quantitative estimate of drug-likeness (QED) is 0.446. The van der Waals surface area contributed by atoms with Crippen LogP contribution in [0.4, 0.5) is 23.0 Å². The second kappa shape index (κ2) is 9.57. The summed E-state index contributed by atoms with van der Waals surface area (Å²) in [6, 6.07) is 17.5. The lowest BCUT2D eigenvalue weighted by molar-refractivity contribution is -0.111. The number of carbonyl (C=O) groups excluding carboxylic acids is 1. The molecule has 8 heteroatoms. The Morgan fingerprint density at radius 3 is 2.65 bits per heavy atom. The van der Waals surface area contributed by atoms with Crippen molar-refractivity contribution in [1.29, 1.82) is 0 Å². The van der Waals surface area contributed by atoms with Crippen molar-refractivity contribution in [3.8, 4) is 23.6 Å². The van der Waals surface area contributed by atoms with E-state index >= 15 is 0 Å². The largest absolute Gasteiger partial charge is 0.378 e. The van der Waals surface area contributed by atoms with Crippen LogP contribution in [-0.2, 0) is 9.53 Å². The SMILES string of the molecule is C#CC(=O)Nc1ccnc(-c2cccc3cnc(Nc4ccc(N5CCOCC5)cc4)nc23)c1. The Kier molecular flexibility index (Phi) is 6.01. The molecule has 168 valence electrons. The average molecular weight is 451 g/mol. The van der Waals surface area contributed by atoms with Crippen molar-refractivity contribution in [3.05, 3.63) is 67.0 Å². The highest BCUT2D eigenvalue weighted by Gasteiger charge is 2.12. The Morgan fingerprint density at radius 2 is 1.85 bits per heavy atom. The number of benzene rings is 2. The number of rotatable bonds is 5. The molecule has 1 saturated heterocycles. The van der Waals surface area contributed by atoms with Gasteiger partial charge < -0.3 is 20.3 Å². The maximum absolute atomic E-state index is 11.6. The topological polar surface area (TPSA) is 92.3 Å².